The van der Waals surface area contributed by atoms with Gasteiger partial charge in [0.05, 0.1) is 11.9 Å². The van der Waals surface area contributed by atoms with E-state index in [9.17, 15) is 13.2 Å². The predicted octanol–water partition coefficient (Wildman–Crippen LogP) is 0.842. The lowest BCUT2D eigenvalue weighted by Gasteiger charge is -2.26. The zero-order valence-corrected chi connectivity index (χ0v) is 15.1. The third-order valence-electron chi connectivity index (χ3n) is 4.49. The minimum absolute atomic E-state index is 0.103. The number of rotatable bonds is 6. The first-order chi connectivity index (χ1) is 10.7. The molecule has 0 saturated carbocycles. The van der Waals surface area contributed by atoms with Crippen LogP contribution < -0.4 is 0 Å². The van der Waals surface area contributed by atoms with Gasteiger partial charge in [-0.2, -0.15) is 9.40 Å². The highest BCUT2D eigenvalue weighted by molar-refractivity contribution is 7.88. The number of carbonyl (C=O) groups is 1. The van der Waals surface area contributed by atoms with Crippen LogP contribution in [0.15, 0.2) is 0 Å². The molecule has 0 unspecified atom stereocenters. The summed E-state index contributed by atoms with van der Waals surface area (Å²) in [6.07, 6.45) is 4.20. The topological polar surface area (TPSA) is 86.4 Å². The van der Waals surface area contributed by atoms with Crippen molar-refractivity contribution < 1.29 is 13.2 Å². The molecule has 1 atom stereocenters. The fourth-order valence-corrected chi connectivity index (χ4v) is 4.30. The molecule has 23 heavy (non-hydrogen) atoms. The van der Waals surface area contributed by atoms with Crippen molar-refractivity contribution in [3.8, 4) is 0 Å². The van der Waals surface area contributed by atoms with Crippen LogP contribution in [0.25, 0.3) is 0 Å². The Morgan fingerprint density at radius 1 is 1.43 bits per heavy atom. The Morgan fingerprint density at radius 2 is 2.13 bits per heavy atom. The summed E-state index contributed by atoms with van der Waals surface area (Å²) in [5.74, 6) is -0.103. The molecule has 0 aromatic carbocycles. The molecule has 0 bridgehead atoms. The number of H-pyrrole nitrogens is 1. The minimum atomic E-state index is -3.32. The van der Waals surface area contributed by atoms with E-state index in [1.54, 1.807) is 11.9 Å². The number of hydrogen-bond donors (Lipinski definition) is 1. The molecule has 0 spiro atoms. The summed E-state index contributed by atoms with van der Waals surface area (Å²) in [7, 11) is -1.58. The number of aromatic nitrogens is 2. The molecular weight excluding hydrogens is 316 g/mol. The highest BCUT2D eigenvalue weighted by Gasteiger charge is 2.37. The molecule has 1 aromatic heterocycles. The van der Waals surface area contributed by atoms with E-state index in [2.05, 4.69) is 10.2 Å². The normalized spacial score (nSPS) is 19.2. The molecule has 1 fully saturated rings. The molecule has 130 valence electrons. The Bertz CT molecular complexity index is 649. The average Bonchev–Trinajstić information content (AvgIpc) is 3.07. The molecule has 1 saturated heterocycles. The van der Waals surface area contributed by atoms with Gasteiger partial charge < -0.3 is 4.90 Å². The zero-order valence-electron chi connectivity index (χ0n) is 14.3. The van der Waals surface area contributed by atoms with Gasteiger partial charge in [-0.15, -0.1) is 0 Å². The van der Waals surface area contributed by atoms with E-state index in [1.165, 1.54) is 16.1 Å². The number of sulfonamides is 1. The summed E-state index contributed by atoms with van der Waals surface area (Å²) in [6.45, 7) is 5.01. The summed E-state index contributed by atoms with van der Waals surface area (Å²) in [4.78, 5) is 14.2. The first kappa shape index (κ1) is 17.9. The van der Waals surface area contributed by atoms with Crippen LogP contribution in [-0.4, -0.2) is 66.2 Å². The summed E-state index contributed by atoms with van der Waals surface area (Å²) in [5.41, 5.74) is 3.26. The predicted molar refractivity (Wildman–Crippen MR) is 88.6 cm³/mol. The van der Waals surface area contributed by atoms with Gasteiger partial charge in [-0.1, -0.05) is 0 Å². The second kappa shape index (κ2) is 7.00. The molecular formula is C15H26N4O3S. The van der Waals surface area contributed by atoms with Gasteiger partial charge in [0.1, 0.15) is 6.04 Å². The number of hydrogen-bond acceptors (Lipinski definition) is 4. The molecule has 7 nitrogen and oxygen atoms in total. The van der Waals surface area contributed by atoms with E-state index in [0.29, 0.717) is 19.5 Å². The van der Waals surface area contributed by atoms with Crippen molar-refractivity contribution >= 4 is 15.9 Å². The summed E-state index contributed by atoms with van der Waals surface area (Å²) in [6, 6.07) is -0.535. The third kappa shape index (κ3) is 4.11. The molecule has 1 aliphatic rings. The molecule has 1 N–H and O–H groups in total. The molecule has 0 aliphatic carbocycles. The molecule has 2 heterocycles. The largest absolute Gasteiger partial charge is 0.344 e. The van der Waals surface area contributed by atoms with Crippen molar-refractivity contribution in [1.82, 2.24) is 19.4 Å². The second-order valence-electron chi connectivity index (χ2n) is 6.31. The van der Waals surface area contributed by atoms with Crippen molar-refractivity contribution in [1.29, 1.82) is 0 Å². The molecule has 2 rings (SSSR count). The fourth-order valence-electron chi connectivity index (χ4n) is 3.18. The first-order valence-corrected chi connectivity index (χ1v) is 9.79. The maximum absolute atomic E-state index is 12.5. The van der Waals surface area contributed by atoms with E-state index in [4.69, 9.17) is 0 Å². The number of nitrogens with zero attached hydrogens (tertiary/aromatic N) is 3. The molecule has 1 aliphatic heterocycles. The first-order valence-electron chi connectivity index (χ1n) is 7.94. The van der Waals surface area contributed by atoms with Crippen molar-refractivity contribution in [2.75, 3.05) is 26.4 Å². The Morgan fingerprint density at radius 3 is 2.70 bits per heavy atom. The Kier molecular flexibility index (Phi) is 5.46. The maximum Gasteiger partial charge on any atom is 0.240 e. The lowest BCUT2D eigenvalue weighted by molar-refractivity contribution is -0.133. The number of carbonyl (C=O) groups excluding carboxylic acids is 1. The lowest BCUT2D eigenvalue weighted by atomic mass is 10.1. The SMILES string of the molecule is Cc1n[nH]c(C)c1CCCN(C)C(=O)[C@@H]1CCCN1S(C)(=O)=O. The van der Waals surface area contributed by atoms with E-state index in [-0.39, 0.29) is 5.91 Å². The Balaban J connectivity index is 1.90. The van der Waals surface area contributed by atoms with Crippen LogP contribution in [0.4, 0.5) is 0 Å². The number of nitrogens with one attached hydrogen (secondary N) is 1. The van der Waals surface area contributed by atoms with E-state index in [1.807, 2.05) is 13.8 Å². The highest BCUT2D eigenvalue weighted by atomic mass is 32.2. The molecule has 1 aromatic rings. The molecule has 0 radical (unpaired) electrons. The Hall–Kier alpha value is -1.41. The van der Waals surface area contributed by atoms with Gasteiger partial charge in [-0.05, 0) is 45.1 Å². The number of likely N-dealkylation sites (N-methyl/N-ethyl adjacent to an activating group) is 1. The van der Waals surface area contributed by atoms with Crippen LogP contribution in [0.2, 0.25) is 0 Å². The highest BCUT2D eigenvalue weighted by Crippen LogP contribution is 2.22. The average molecular weight is 342 g/mol. The monoisotopic (exact) mass is 342 g/mol. The van der Waals surface area contributed by atoms with Gasteiger partial charge in [-0.3, -0.25) is 9.89 Å². The van der Waals surface area contributed by atoms with Crippen LogP contribution in [0.3, 0.4) is 0 Å². The van der Waals surface area contributed by atoms with E-state index >= 15 is 0 Å². The van der Waals surface area contributed by atoms with Gasteiger partial charge in [0.25, 0.3) is 0 Å². The molecule has 1 amide bonds. The van der Waals surface area contributed by atoms with Crippen LogP contribution in [0, 0.1) is 13.8 Å². The summed E-state index contributed by atoms with van der Waals surface area (Å²) in [5, 5.41) is 7.13. The molecule has 8 heteroatoms. The van der Waals surface area contributed by atoms with Crippen LogP contribution >= 0.6 is 0 Å². The number of aromatic amines is 1. The quantitative estimate of drug-likeness (QED) is 0.830. The third-order valence-corrected chi connectivity index (χ3v) is 5.78. The zero-order chi connectivity index (χ0) is 17.2. The van der Waals surface area contributed by atoms with Crippen molar-refractivity contribution in [2.24, 2.45) is 0 Å². The van der Waals surface area contributed by atoms with Crippen molar-refractivity contribution in [3.05, 3.63) is 17.0 Å². The maximum atomic E-state index is 12.5. The van der Waals surface area contributed by atoms with Gasteiger partial charge >= 0.3 is 0 Å². The smallest absolute Gasteiger partial charge is 0.240 e. The van der Waals surface area contributed by atoms with E-state index < -0.39 is 16.1 Å². The fraction of sp³-hybridized carbons (Fsp3) is 0.733. The van der Waals surface area contributed by atoms with Gasteiger partial charge in [0, 0.05) is 25.8 Å². The van der Waals surface area contributed by atoms with Crippen LogP contribution in [-0.2, 0) is 21.2 Å². The number of aryl methyl sites for hydroxylation is 2. The summed E-state index contributed by atoms with van der Waals surface area (Å²) < 4.78 is 24.8. The lowest BCUT2D eigenvalue weighted by Crippen LogP contribution is -2.46. The van der Waals surface area contributed by atoms with Gasteiger partial charge in [-0.25, -0.2) is 8.42 Å². The second-order valence-corrected chi connectivity index (χ2v) is 8.24. The van der Waals surface area contributed by atoms with Gasteiger partial charge in [0.15, 0.2) is 0 Å². The minimum Gasteiger partial charge on any atom is -0.344 e. The number of amides is 1. The van der Waals surface area contributed by atoms with Gasteiger partial charge in [0.2, 0.25) is 15.9 Å². The van der Waals surface area contributed by atoms with Crippen LogP contribution in [0.1, 0.15) is 36.2 Å². The summed E-state index contributed by atoms with van der Waals surface area (Å²) >= 11 is 0. The standard InChI is InChI=1S/C15H26N4O3S/c1-11-13(12(2)17-16-11)7-5-9-18(3)15(20)14-8-6-10-19(14)23(4,21)22/h14H,5-10H2,1-4H3,(H,16,17)/t14-/m0/s1. The van der Waals surface area contributed by atoms with Crippen molar-refractivity contribution in [3.63, 3.8) is 0 Å². The van der Waals surface area contributed by atoms with Crippen LogP contribution in [0.5, 0.6) is 0 Å². The van der Waals surface area contributed by atoms with Crippen molar-refractivity contribution in [2.45, 2.75) is 45.6 Å². The van der Waals surface area contributed by atoms with E-state index in [0.717, 1.165) is 30.7 Å². The Labute approximate surface area is 138 Å².